The van der Waals surface area contributed by atoms with Crippen LogP contribution in [0.15, 0.2) is 12.1 Å². The second-order valence-corrected chi connectivity index (χ2v) is 5.44. The number of halogens is 1. The third-order valence-electron chi connectivity index (χ3n) is 3.70. The Morgan fingerprint density at radius 3 is 3.12 bits per heavy atom. The molecule has 0 aromatic heterocycles. The molecule has 2 aliphatic rings. The first-order chi connectivity index (χ1) is 8.33. The van der Waals surface area contributed by atoms with Gasteiger partial charge in [-0.05, 0) is 49.1 Å². The van der Waals surface area contributed by atoms with E-state index < -0.39 is 0 Å². The van der Waals surface area contributed by atoms with Gasteiger partial charge < -0.3 is 10.1 Å². The van der Waals surface area contributed by atoms with Gasteiger partial charge >= 0.3 is 0 Å². The number of benzene rings is 1. The lowest BCUT2D eigenvalue weighted by Gasteiger charge is -2.24. The minimum atomic E-state index is 0.593. The van der Waals surface area contributed by atoms with Crippen molar-refractivity contribution in [2.45, 2.75) is 38.1 Å². The molecule has 1 aromatic rings. The standard InChI is InChI=1S/C14H18ClNO/c15-12-7-10-4-6-17-14(10)11(8-12)9-13-3-1-2-5-16-13/h7-8,13,16H,1-6,9H2. The predicted molar refractivity (Wildman–Crippen MR) is 70.0 cm³/mol. The number of piperidine rings is 1. The van der Waals surface area contributed by atoms with E-state index in [4.69, 9.17) is 16.3 Å². The van der Waals surface area contributed by atoms with Crippen LogP contribution in [-0.2, 0) is 12.8 Å². The van der Waals surface area contributed by atoms with Crippen LogP contribution in [-0.4, -0.2) is 19.2 Å². The first kappa shape index (κ1) is 11.4. The van der Waals surface area contributed by atoms with Crippen molar-refractivity contribution in [2.24, 2.45) is 0 Å². The van der Waals surface area contributed by atoms with Gasteiger partial charge in [0.1, 0.15) is 5.75 Å². The van der Waals surface area contributed by atoms with E-state index in [2.05, 4.69) is 11.4 Å². The Balaban J connectivity index is 1.82. The maximum absolute atomic E-state index is 6.17. The van der Waals surface area contributed by atoms with Gasteiger partial charge in [0.05, 0.1) is 6.61 Å². The van der Waals surface area contributed by atoms with Crippen LogP contribution in [0.4, 0.5) is 0 Å². The summed E-state index contributed by atoms with van der Waals surface area (Å²) in [6.07, 6.45) is 5.95. The second kappa shape index (κ2) is 4.87. The van der Waals surface area contributed by atoms with Gasteiger partial charge in [0.25, 0.3) is 0 Å². The lowest BCUT2D eigenvalue weighted by Crippen LogP contribution is -2.35. The summed E-state index contributed by atoms with van der Waals surface area (Å²) in [5.41, 5.74) is 2.56. The summed E-state index contributed by atoms with van der Waals surface area (Å²) in [6, 6.07) is 4.71. The minimum absolute atomic E-state index is 0.593. The molecule has 1 fully saturated rings. The molecule has 0 amide bonds. The molecule has 1 aromatic carbocycles. The third-order valence-corrected chi connectivity index (χ3v) is 3.92. The second-order valence-electron chi connectivity index (χ2n) is 5.00. The average molecular weight is 252 g/mol. The quantitative estimate of drug-likeness (QED) is 0.873. The zero-order valence-corrected chi connectivity index (χ0v) is 10.7. The molecule has 0 bridgehead atoms. The fourth-order valence-corrected chi connectivity index (χ4v) is 3.12. The molecule has 3 rings (SSSR count). The molecule has 1 atom stereocenters. The van der Waals surface area contributed by atoms with E-state index in [0.717, 1.165) is 36.8 Å². The first-order valence-electron chi connectivity index (χ1n) is 6.50. The van der Waals surface area contributed by atoms with E-state index in [1.54, 1.807) is 0 Å². The molecule has 0 radical (unpaired) electrons. The van der Waals surface area contributed by atoms with Crippen LogP contribution in [0.5, 0.6) is 5.75 Å². The Hall–Kier alpha value is -0.730. The fraction of sp³-hybridized carbons (Fsp3) is 0.571. The summed E-state index contributed by atoms with van der Waals surface area (Å²) < 4.78 is 5.74. The zero-order chi connectivity index (χ0) is 11.7. The van der Waals surface area contributed by atoms with Crippen molar-refractivity contribution >= 4 is 11.6 Å². The van der Waals surface area contributed by atoms with Crippen molar-refractivity contribution < 1.29 is 4.74 Å². The van der Waals surface area contributed by atoms with Crippen LogP contribution >= 0.6 is 11.6 Å². The van der Waals surface area contributed by atoms with Crippen LogP contribution in [0.1, 0.15) is 30.4 Å². The molecular formula is C14H18ClNO. The number of nitrogens with one attached hydrogen (secondary N) is 1. The Kier molecular flexibility index (Phi) is 3.26. The van der Waals surface area contributed by atoms with Gasteiger partial charge in [-0.1, -0.05) is 18.0 Å². The molecule has 0 saturated carbocycles. The highest BCUT2D eigenvalue weighted by Gasteiger charge is 2.21. The number of ether oxygens (including phenoxy) is 1. The van der Waals surface area contributed by atoms with Gasteiger partial charge in [-0.3, -0.25) is 0 Å². The summed E-state index contributed by atoms with van der Waals surface area (Å²) in [5, 5.41) is 4.43. The Morgan fingerprint density at radius 1 is 1.35 bits per heavy atom. The third kappa shape index (κ3) is 2.43. The van der Waals surface area contributed by atoms with Gasteiger partial charge in [0.2, 0.25) is 0 Å². The Labute approximate surface area is 107 Å². The van der Waals surface area contributed by atoms with Crippen molar-refractivity contribution in [1.29, 1.82) is 0 Å². The summed E-state index contributed by atoms with van der Waals surface area (Å²) in [4.78, 5) is 0. The molecule has 3 heteroatoms. The maximum Gasteiger partial charge on any atom is 0.125 e. The smallest absolute Gasteiger partial charge is 0.125 e. The van der Waals surface area contributed by atoms with Gasteiger partial charge in [-0.15, -0.1) is 0 Å². The highest BCUT2D eigenvalue weighted by molar-refractivity contribution is 6.30. The molecule has 92 valence electrons. The van der Waals surface area contributed by atoms with Gasteiger partial charge in [-0.25, -0.2) is 0 Å². The lowest BCUT2D eigenvalue weighted by molar-refractivity contribution is 0.347. The van der Waals surface area contributed by atoms with Gasteiger partial charge in [0.15, 0.2) is 0 Å². The van der Waals surface area contributed by atoms with Crippen LogP contribution in [0, 0.1) is 0 Å². The average Bonchev–Trinajstić information content (AvgIpc) is 2.78. The van der Waals surface area contributed by atoms with Crippen LogP contribution in [0.2, 0.25) is 5.02 Å². The fourth-order valence-electron chi connectivity index (χ4n) is 2.86. The Bertz CT molecular complexity index is 413. The van der Waals surface area contributed by atoms with E-state index in [0.29, 0.717) is 6.04 Å². The molecule has 1 N–H and O–H groups in total. The van der Waals surface area contributed by atoms with Crippen molar-refractivity contribution in [2.75, 3.05) is 13.2 Å². The van der Waals surface area contributed by atoms with Crippen molar-refractivity contribution in [1.82, 2.24) is 5.32 Å². The molecule has 2 heterocycles. The molecule has 1 saturated heterocycles. The van der Waals surface area contributed by atoms with Crippen molar-refractivity contribution in [3.8, 4) is 5.75 Å². The van der Waals surface area contributed by atoms with E-state index in [-0.39, 0.29) is 0 Å². The molecule has 0 aliphatic carbocycles. The van der Waals surface area contributed by atoms with E-state index in [9.17, 15) is 0 Å². The van der Waals surface area contributed by atoms with Gasteiger partial charge in [0, 0.05) is 17.5 Å². The van der Waals surface area contributed by atoms with Crippen molar-refractivity contribution in [3.05, 3.63) is 28.3 Å². The van der Waals surface area contributed by atoms with Crippen LogP contribution in [0.25, 0.3) is 0 Å². The van der Waals surface area contributed by atoms with Crippen molar-refractivity contribution in [3.63, 3.8) is 0 Å². The van der Waals surface area contributed by atoms with Gasteiger partial charge in [-0.2, -0.15) is 0 Å². The predicted octanol–water partition coefficient (Wildman–Crippen LogP) is 2.96. The minimum Gasteiger partial charge on any atom is -0.493 e. The first-order valence-corrected chi connectivity index (χ1v) is 6.88. The Morgan fingerprint density at radius 2 is 2.29 bits per heavy atom. The number of hydrogen-bond acceptors (Lipinski definition) is 2. The normalized spacial score (nSPS) is 23.2. The molecule has 2 aliphatic heterocycles. The molecule has 17 heavy (non-hydrogen) atoms. The summed E-state index contributed by atoms with van der Waals surface area (Å²) in [7, 11) is 0. The SMILES string of the molecule is Clc1cc2c(c(CC3CCCCN3)c1)OCC2. The molecule has 2 nitrogen and oxygen atoms in total. The molecule has 0 spiro atoms. The highest BCUT2D eigenvalue weighted by atomic mass is 35.5. The van der Waals surface area contributed by atoms with E-state index >= 15 is 0 Å². The molecule has 1 unspecified atom stereocenters. The molecular weight excluding hydrogens is 234 g/mol. The zero-order valence-electron chi connectivity index (χ0n) is 9.97. The summed E-state index contributed by atoms with van der Waals surface area (Å²) in [6.45, 7) is 1.95. The number of hydrogen-bond donors (Lipinski definition) is 1. The number of rotatable bonds is 2. The summed E-state index contributed by atoms with van der Waals surface area (Å²) >= 11 is 6.17. The largest absolute Gasteiger partial charge is 0.493 e. The highest BCUT2D eigenvalue weighted by Crippen LogP contribution is 2.34. The number of fused-ring (bicyclic) bond motifs is 1. The van der Waals surface area contributed by atoms with E-state index in [1.165, 1.54) is 30.4 Å². The topological polar surface area (TPSA) is 21.3 Å². The van der Waals surface area contributed by atoms with E-state index in [1.807, 2.05) is 6.07 Å². The maximum atomic E-state index is 6.17. The monoisotopic (exact) mass is 251 g/mol. The lowest BCUT2D eigenvalue weighted by atomic mass is 9.96. The van der Waals surface area contributed by atoms with Crippen LogP contribution in [0.3, 0.4) is 0 Å². The summed E-state index contributed by atoms with van der Waals surface area (Å²) in [5.74, 6) is 1.10. The van der Waals surface area contributed by atoms with Crippen LogP contribution < -0.4 is 10.1 Å².